The number of hydrogen-bond acceptors (Lipinski definition) is 3. The van der Waals surface area contributed by atoms with Crippen molar-refractivity contribution in [1.82, 2.24) is 9.78 Å². The van der Waals surface area contributed by atoms with E-state index in [1.165, 1.54) is 6.07 Å². The Kier molecular flexibility index (Phi) is 4.02. The molecule has 6 heteroatoms. The maximum Gasteiger partial charge on any atom is 0.131 e. The summed E-state index contributed by atoms with van der Waals surface area (Å²) in [7, 11) is 3.43. The van der Waals surface area contributed by atoms with Gasteiger partial charge in [-0.1, -0.05) is 0 Å². The Morgan fingerprint density at radius 1 is 1.22 bits per heavy atom. The standard InChI is InChI=1S/C17H17BrFN3O/c1-9-13(19)7-15(23-4)10(2)16(9)21-17-11-8-20-22(3)14(11)6-5-12(17)18/h5-8,21H,1-4H3. The molecule has 1 heterocycles. The van der Waals surface area contributed by atoms with E-state index in [-0.39, 0.29) is 5.82 Å². The summed E-state index contributed by atoms with van der Waals surface area (Å²) in [4.78, 5) is 0. The highest BCUT2D eigenvalue weighted by Gasteiger charge is 2.16. The van der Waals surface area contributed by atoms with Crippen molar-refractivity contribution in [1.29, 1.82) is 0 Å². The van der Waals surface area contributed by atoms with Crippen molar-refractivity contribution in [3.05, 3.63) is 45.8 Å². The molecule has 3 aromatic rings. The van der Waals surface area contributed by atoms with E-state index >= 15 is 0 Å². The average Bonchev–Trinajstić information content (AvgIpc) is 2.90. The molecular formula is C17H17BrFN3O. The molecule has 0 spiro atoms. The number of nitrogens with one attached hydrogen (secondary N) is 1. The van der Waals surface area contributed by atoms with E-state index in [9.17, 15) is 4.39 Å². The van der Waals surface area contributed by atoms with Crippen molar-refractivity contribution in [2.45, 2.75) is 13.8 Å². The quantitative estimate of drug-likeness (QED) is 0.709. The van der Waals surface area contributed by atoms with Crippen molar-refractivity contribution in [3.63, 3.8) is 0 Å². The summed E-state index contributed by atoms with van der Waals surface area (Å²) in [5.41, 5.74) is 3.97. The van der Waals surface area contributed by atoms with Crippen LogP contribution in [0.15, 0.2) is 28.9 Å². The lowest BCUT2D eigenvalue weighted by Gasteiger charge is -2.18. The number of nitrogens with zero attached hydrogens (tertiary/aromatic N) is 2. The van der Waals surface area contributed by atoms with Crippen LogP contribution in [-0.4, -0.2) is 16.9 Å². The molecule has 1 N–H and O–H groups in total. The minimum atomic E-state index is -0.301. The first-order valence-corrected chi connectivity index (χ1v) is 7.94. The number of fused-ring (bicyclic) bond motifs is 1. The van der Waals surface area contributed by atoms with Crippen LogP contribution in [0.5, 0.6) is 5.75 Å². The summed E-state index contributed by atoms with van der Waals surface area (Å²) in [5.74, 6) is 0.217. The van der Waals surface area contributed by atoms with Gasteiger partial charge >= 0.3 is 0 Å². The zero-order chi connectivity index (χ0) is 16.7. The molecule has 120 valence electrons. The van der Waals surface area contributed by atoms with Crippen LogP contribution in [0.3, 0.4) is 0 Å². The van der Waals surface area contributed by atoms with E-state index < -0.39 is 0 Å². The molecule has 0 aliphatic carbocycles. The van der Waals surface area contributed by atoms with Gasteiger partial charge in [0.25, 0.3) is 0 Å². The number of halogens is 2. The lowest BCUT2D eigenvalue weighted by Crippen LogP contribution is -2.02. The topological polar surface area (TPSA) is 39.1 Å². The van der Waals surface area contributed by atoms with Crippen LogP contribution in [-0.2, 0) is 7.05 Å². The van der Waals surface area contributed by atoms with Gasteiger partial charge in [0.1, 0.15) is 11.6 Å². The van der Waals surface area contributed by atoms with Crippen molar-refractivity contribution in [2.24, 2.45) is 7.05 Å². The van der Waals surface area contributed by atoms with E-state index in [0.717, 1.165) is 26.6 Å². The number of rotatable bonds is 3. The Bertz CT molecular complexity index is 905. The number of aromatic nitrogens is 2. The minimum Gasteiger partial charge on any atom is -0.496 e. The second-order valence-corrected chi connectivity index (χ2v) is 6.29. The molecule has 1 aromatic heterocycles. The molecule has 0 atom stereocenters. The summed E-state index contributed by atoms with van der Waals surface area (Å²) < 4.78 is 22.1. The minimum absolute atomic E-state index is 0.301. The molecule has 0 bridgehead atoms. The number of methoxy groups -OCH3 is 1. The Hall–Kier alpha value is -2.08. The Morgan fingerprint density at radius 3 is 2.65 bits per heavy atom. The third-order valence-corrected chi connectivity index (χ3v) is 4.75. The second kappa shape index (κ2) is 5.85. The molecule has 0 saturated carbocycles. The smallest absolute Gasteiger partial charge is 0.131 e. The molecule has 0 fully saturated rings. The maximum absolute atomic E-state index is 14.2. The highest BCUT2D eigenvalue weighted by molar-refractivity contribution is 9.10. The number of ether oxygens (including phenoxy) is 1. The maximum atomic E-state index is 14.2. The molecule has 0 aliphatic heterocycles. The van der Waals surface area contributed by atoms with E-state index in [2.05, 4.69) is 26.3 Å². The summed E-state index contributed by atoms with van der Waals surface area (Å²) in [5, 5.41) is 8.61. The number of benzene rings is 2. The fourth-order valence-electron chi connectivity index (χ4n) is 2.71. The molecule has 0 amide bonds. The van der Waals surface area contributed by atoms with Crippen molar-refractivity contribution < 1.29 is 9.13 Å². The Balaban J connectivity index is 2.20. The van der Waals surface area contributed by atoms with Gasteiger partial charge in [-0.3, -0.25) is 4.68 Å². The predicted octanol–water partition coefficient (Wildman–Crippen LogP) is 4.84. The van der Waals surface area contributed by atoms with Crippen LogP contribution in [0, 0.1) is 19.7 Å². The number of aryl methyl sites for hydroxylation is 1. The monoisotopic (exact) mass is 377 g/mol. The number of anilines is 2. The zero-order valence-electron chi connectivity index (χ0n) is 13.4. The highest BCUT2D eigenvalue weighted by atomic mass is 79.9. The Morgan fingerprint density at radius 2 is 1.96 bits per heavy atom. The Labute approximate surface area is 142 Å². The zero-order valence-corrected chi connectivity index (χ0v) is 15.0. The van der Waals surface area contributed by atoms with Crippen LogP contribution in [0.1, 0.15) is 11.1 Å². The van der Waals surface area contributed by atoms with Gasteiger partial charge in [0.2, 0.25) is 0 Å². The first-order chi connectivity index (χ1) is 10.9. The lowest BCUT2D eigenvalue weighted by atomic mass is 10.1. The van der Waals surface area contributed by atoms with Gasteiger partial charge in [0.15, 0.2) is 0 Å². The predicted molar refractivity (Wildman–Crippen MR) is 94.1 cm³/mol. The molecule has 0 saturated heterocycles. The summed E-state index contributed by atoms with van der Waals surface area (Å²) in [6.45, 7) is 3.66. The van der Waals surface area contributed by atoms with Crippen molar-refractivity contribution >= 4 is 38.2 Å². The van der Waals surface area contributed by atoms with Gasteiger partial charge in [0, 0.05) is 34.1 Å². The molecule has 3 rings (SSSR count). The van der Waals surface area contributed by atoms with Gasteiger partial charge in [-0.15, -0.1) is 0 Å². The largest absolute Gasteiger partial charge is 0.496 e. The third kappa shape index (κ3) is 2.57. The first-order valence-electron chi connectivity index (χ1n) is 7.15. The van der Waals surface area contributed by atoms with Gasteiger partial charge < -0.3 is 10.1 Å². The molecule has 0 aliphatic rings. The highest BCUT2D eigenvalue weighted by Crippen LogP contribution is 2.38. The normalized spacial score (nSPS) is 11.0. The molecular weight excluding hydrogens is 361 g/mol. The van der Waals surface area contributed by atoms with Gasteiger partial charge in [-0.05, 0) is 41.9 Å². The molecule has 4 nitrogen and oxygen atoms in total. The molecule has 0 unspecified atom stereocenters. The molecule has 2 aromatic carbocycles. The van der Waals surface area contributed by atoms with Gasteiger partial charge in [-0.2, -0.15) is 5.10 Å². The molecule has 23 heavy (non-hydrogen) atoms. The van der Waals surface area contributed by atoms with Crippen LogP contribution < -0.4 is 10.1 Å². The van der Waals surface area contributed by atoms with Crippen molar-refractivity contribution in [3.8, 4) is 5.75 Å². The van der Waals surface area contributed by atoms with E-state index in [4.69, 9.17) is 4.74 Å². The van der Waals surface area contributed by atoms with Gasteiger partial charge in [-0.25, -0.2) is 4.39 Å². The van der Waals surface area contributed by atoms with Crippen LogP contribution in [0.25, 0.3) is 10.9 Å². The van der Waals surface area contributed by atoms with E-state index in [0.29, 0.717) is 17.0 Å². The fourth-order valence-corrected chi connectivity index (χ4v) is 3.15. The van der Waals surface area contributed by atoms with E-state index in [1.54, 1.807) is 24.9 Å². The van der Waals surface area contributed by atoms with Crippen LogP contribution in [0.4, 0.5) is 15.8 Å². The number of hydrogen-bond donors (Lipinski definition) is 1. The summed E-state index contributed by atoms with van der Waals surface area (Å²) in [6, 6.07) is 5.35. The molecule has 0 radical (unpaired) electrons. The van der Waals surface area contributed by atoms with E-state index in [1.807, 2.05) is 26.1 Å². The second-order valence-electron chi connectivity index (χ2n) is 5.43. The van der Waals surface area contributed by atoms with Crippen LogP contribution >= 0.6 is 15.9 Å². The summed E-state index contributed by atoms with van der Waals surface area (Å²) >= 11 is 3.56. The third-order valence-electron chi connectivity index (χ3n) is 4.09. The van der Waals surface area contributed by atoms with Crippen LogP contribution in [0.2, 0.25) is 0 Å². The SMILES string of the molecule is COc1cc(F)c(C)c(Nc2c(Br)ccc3c2cnn3C)c1C. The fraction of sp³-hybridized carbons (Fsp3) is 0.235. The summed E-state index contributed by atoms with van der Waals surface area (Å²) in [6.07, 6.45) is 1.80. The lowest BCUT2D eigenvalue weighted by molar-refractivity contribution is 0.408. The first kappa shape index (κ1) is 15.8. The average molecular weight is 378 g/mol. The van der Waals surface area contributed by atoms with Crippen molar-refractivity contribution in [2.75, 3.05) is 12.4 Å². The van der Waals surface area contributed by atoms with Gasteiger partial charge in [0.05, 0.1) is 30.2 Å².